The average Bonchev–Trinajstić information content (AvgIpc) is 2.36. The number of nitro benzene ring substituents is 1. The van der Waals surface area contributed by atoms with E-state index in [1.54, 1.807) is 6.92 Å². The number of aliphatic hydroxyl groups excluding tert-OH is 1. The third-order valence-electron chi connectivity index (χ3n) is 2.69. The average molecular weight is 281 g/mol. The predicted octanol–water partition coefficient (Wildman–Crippen LogP) is 2.12. The van der Waals surface area contributed by atoms with Crippen LogP contribution in [0.25, 0.3) is 0 Å². The third kappa shape index (κ3) is 5.66. The molecule has 0 spiro atoms. The number of amides is 2. The van der Waals surface area contributed by atoms with Gasteiger partial charge in [0.05, 0.1) is 11.0 Å². The first-order chi connectivity index (χ1) is 9.38. The molecule has 0 heterocycles. The monoisotopic (exact) mass is 281 g/mol. The second-order valence-electron chi connectivity index (χ2n) is 4.83. The molecule has 7 heteroatoms. The second-order valence-corrected chi connectivity index (χ2v) is 4.83. The molecule has 2 atom stereocenters. The molecule has 0 aliphatic heterocycles. The van der Waals surface area contributed by atoms with Crippen molar-refractivity contribution in [1.29, 1.82) is 0 Å². The number of rotatable bonds is 6. The largest absolute Gasteiger partial charge is 0.393 e. The molecule has 2 amide bonds. The van der Waals surface area contributed by atoms with Crippen LogP contribution < -0.4 is 10.6 Å². The Labute approximate surface area is 117 Å². The fourth-order valence-corrected chi connectivity index (χ4v) is 1.77. The summed E-state index contributed by atoms with van der Waals surface area (Å²) in [5, 5.41) is 25.0. The van der Waals surface area contributed by atoms with E-state index in [2.05, 4.69) is 10.6 Å². The van der Waals surface area contributed by atoms with Gasteiger partial charge in [0.2, 0.25) is 0 Å². The summed E-state index contributed by atoms with van der Waals surface area (Å²) in [5.41, 5.74) is 0.456. The number of benzene rings is 1. The topological polar surface area (TPSA) is 104 Å². The van der Waals surface area contributed by atoms with Gasteiger partial charge in [0.25, 0.3) is 5.69 Å². The third-order valence-corrected chi connectivity index (χ3v) is 2.69. The van der Waals surface area contributed by atoms with E-state index in [4.69, 9.17) is 0 Å². The van der Waals surface area contributed by atoms with Crippen molar-refractivity contribution in [3.63, 3.8) is 0 Å². The molecule has 0 aromatic heterocycles. The number of nitrogens with one attached hydrogen (secondary N) is 2. The first kappa shape index (κ1) is 15.9. The summed E-state index contributed by atoms with van der Waals surface area (Å²) < 4.78 is 0. The molecule has 0 fully saturated rings. The molecular formula is C13H19N3O4. The number of nitro groups is 1. The van der Waals surface area contributed by atoms with Crippen LogP contribution in [0.3, 0.4) is 0 Å². The maximum atomic E-state index is 11.6. The van der Waals surface area contributed by atoms with Gasteiger partial charge < -0.3 is 15.7 Å². The van der Waals surface area contributed by atoms with Gasteiger partial charge in [-0.25, -0.2) is 4.79 Å². The molecule has 0 bridgehead atoms. The molecule has 1 aromatic rings. The molecular weight excluding hydrogens is 262 g/mol. The van der Waals surface area contributed by atoms with E-state index in [0.29, 0.717) is 18.7 Å². The van der Waals surface area contributed by atoms with E-state index >= 15 is 0 Å². The van der Waals surface area contributed by atoms with Crippen LogP contribution in [0.4, 0.5) is 16.2 Å². The van der Waals surface area contributed by atoms with Gasteiger partial charge in [-0.05, 0) is 31.4 Å². The number of carbonyl (C=O) groups is 1. The van der Waals surface area contributed by atoms with Crippen LogP contribution in [0.5, 0.6) is 0 Å². The highest BCUT2D eigenvalue weighted by Gasteiger charge is 2.09. The smallest absolute Gasteiger partial charge is 0.319 e. The number of hydrogen-bond acceptors (Lipinski definition) is 4. The van der Waals surface area contributed by atoms with Crippen molar-refractivity contribution < 1.29 is 14.8 Å². The molecule has 0 aliphatic rings. The zero-order valence-electron chi connectivity index (χ0n) is 11.5. The molecule has 0 aliphatic carbocycles. The minimum atomic E-state index is -0.498. The molecule has 110 valence electrons. The Kier molecular flexibility index (Phi) is 5.92. The van der Waals surface area contributed by atoms with Crippen molar-refractivity contribution in [2.24, 2.45) is 5.92 Å². The van der Waals surface area contributed by atoms with Gasteiger partial charge in [-0.15, -0.1) is 0 Å². The van der Waals surface area contributed by atoms with Crippen LogP contribution >= 0.6 is 0 Å². The fourth-order valence-electron chi connectivity index (χ4n) is 1.77. The summed E-state index contributed by atoms with van der Waals surface area (Å²) in [4.78, 5) is 21.6. The maximum absolute atomic E-state index is 11.6. The molecule has 0 saturated heterocycles. The van der Waals surface area contributed by atoms with Gasteiger partial charge in [0.1, 0.15) is 0 Å². The zero-order valence-corrected chi connectivity index (χ0v) is 11.5. The minimum absolute atomic E-state index is 0.0264. The molecule has 20 heavy (non-hydrogen) atoms. The highest BCUT2D eigenvalue weighted by atomic mass is 16.6. The predicted molar refractivity (Wildman–Crippen MR) is 75.6 cm³/mol. The maximum Gasteiger partial charge on any atom is 0.319 e. The molecule has 1 rings (SSSR count). The Bertz CT molecular complexity index is 459. The van der Waals surface area contributed by atoms with E-state index in [0.717, 1.165) is 0 Å². The molecule has 7 nitrogen and oxygen atoms in total. The van der Waals surface area contributed by atoms with Crippen LogP contribution in [-0.2, 0) is 0 Å². The molecule has 1 aromatic carbocycles. The molecule has 0 saturated carbocycles. The quantitative estimate of drug-likeness (QED) is 0.548. The Morgan fingerprint density at radius 3 is 2.45 bits per heavy atom. The summed E-state index contributed by atoms with van der Waals surface area (Å²) in [5.74, 6) is 0.164. The lowest BCUT2D eigenvalue weighted by atomic mass is 10.1. The van der Waals surface area contributed by atoms with Crippen LogP contribution in [-0.4, -0.2) is 28.7 Å². The van der Waals surface area contributed by atoms with E-state index in [-0.39, 0.29) is 17.6 Å². The number of aliphatic hydroxyl groups is 1. The van der Waals surface area contributed by atoms with Crippen LogP contribution in [0.15, 0.2) is 24.3 Å². The highest BCUT2D eigenvalue weighted by molar-refractivity contribution is 5.89. The van der Waals surface area contributed by atoms with E-state index < -0.39 is 11.0 Å². The van der Waals surface area contributed by atoms with E-state index in [9.17, 15) is 20.0 Å². The van der Waals surface area contributed by atoms with Crippen LogP contribution in [0.2, 0.25) is 0 Å². The SMILES string of the molecule is CC(O)CC(C)CNC(=O)Nc1ccc([N+](=O)[O-])cc1. The number of urea groups is 1. The lowest BCUT2D eigenvalue weighted by molar-refractivity contribution is -0.384. The first-order valence-electron chi connectivity index (χ1n) is 6.36. The summed E-state index contributed by atoms with van der Waals surface area (Å²) in [7, 11) is 0. The van der Waals surface area contributed by atoms with Gasteiger partial charge in [0.15, 0.2) is 0 Å². The summed E-state index contributed by atoms with van der Waals surface area (Å²) >= 11 is 0. The van der Waals surface area contributed by atoms with Gasteiger partial charge in [0, 0.05) is 24.4 Å². The second kappa shape index (κ2) is 7.44. The Morgan fingerprint density at radius 2 is 1.95 bits per heavy atom. The summed E-state index contributed by atoms with van der Waals surface area (Å²) in [6.07, 6.45) is 0.210. The van der Waals surface area contributed by atoms with E-state index in [1.165, 1.54) is 24.3 Å². The fraction of sp³-hybridized carbons (Fsp3) is 0.462. The van der Waals surface area contributed by atoms with Crippen LogP contribution in [0.1, 0.15) is 20.3 Å². The van der Waals surface area contributed by atoms with Crippen molar-refractivity contribution in [3.8, 4) is 0 Å². The Balaban J connectivity index is 2.40. The molecule has 2 unspecified atom stereocenters. The summed E-state index contributed by atoms with van der Waals surface area (Å²) in [6.45, 7) is 4.08. The highest BCUT2D eigenvalue weighted by Crippen LogP contribution is 2.15. The number of hydrogen-bond donors (Lipinski definition) is 3. The normalized spacial score (nSPS) is 13.3. The summed E-state index contributed by atoms with van der Waals surface area (Å²) in [6, 6.07) is 5.21. The Hall–Kier alpha value is -2.15. The lowest BCUT2D eigenvalue weighted by Gasteiger charge is -2.14. The van der Waals surface area contributed by atoms with Gasteiger partial charge in [-0.3, -0.25) is 10.1 Å². The van der Waals surface area contributed by atoms with Crippen molar-refractivity contribution in [1.82, 2.24) is 5.32 Å². The van der Waals surface area contributed by atoms with Crippen molar-refractivity contribution >= 4 is 17.4 Å². The number of non-ortho nitro benzene ring substituents is 1. The van der Waals surface area contributed by atoms with Gasteiger partial charge in [-0.1, -0.05) is 6.92 Å². The number of nitrogens with zero attached hydrogens (tertiary/aromatic N) is 1. The number of anilines is 1. The lowest BCUT2D eigenvalue weighted by Crippen LogP contribution is -2.33. The van der Waals surface area contributed by atoms with Gasteiger partial charge in [-0.2, -0.15) is 0 Å². The molecule has 0 radical (unpaired) electrons. The van der Waals surface area contributed by atoms with Crippen LogP contribution in [0, 0.1) is 16.0 Å². The van der Waals surface area contributed by atoms with E-state index in [1.807, 2.05) is 6.92 Å². The number of carbonyl (C=O) groups excluding carboxylic acids is 1. The standard InChI is InChI=1S/C13H19N3O4/c1-9(7-10(2)17)8-14-13(18)15-11-3-5-12(6-4-11)16(19)20/h3-6,9-10,17H,7-8H2,1-2H3,(H2,14,15,18). The zero-order chi connectivity index (χ0) is 15.1. The Morgan fingerprint density at radius 1 is 1.35 bits per heavy atom. The van der Waals surface area contributed by atoms with Gasteiger partial charge >= 0.3 is 6.03 Å². The van der Waals surface area contributed by atoms with Crippen molar-refractivity contribution in [3.05, 3.63) is 34.4 Å². The minimum Gasteiger partial charge on any atom is -0.393 e. The van der Waals surface area contributed by atoms with Crippen molar-refractivity contribution in [2.45, 2.75) is 26.4 Å². The first-order valence-corrected chi connectivity index (χ1v) is 6.36. The van der Waals surface area contributed by atoms with Crippen molar-refractivity contribution in [2.75, 3.05) is 11.9 Å². The molecule has 3 N–H and O–H groups in total.